The summed E-state index contributed by atoms with van der Waals surface area (Å²) in [6, 6.07) is 3.75. The molecule has 1 aromatic rings. The first-order valence-corrected chi connectivity index (χ1v) is 8.85. The summed E-state index contributed by atoms with van der Waals surface area (Å²) in [7, 11) is -2.34. The summed E-state index contributed by atoms with van der Waals surface area (Å²) in [5, 5.41) is 0. The molecule has 3 rings (SSSR count). The minimum absolute atomic E-state index is 0.0313. The van der Waals surface area contributed by atoms with Crippen molar-refractivity contribution in [3.8, 4) is 5.75 Å². The van der Waals surface area contributed by atoms with Crippen molar-refractivity contribution in [3.63, 3.8) is 0 Å². The molecule has 2 heterocycles. The van der Waals surface area contributed by atoms with Crippen LogP contribution in [0.15, 0.2) is 23.1 Å². The molecule has 3 atom stereocenters. The minimum Gasteiger partial charge on any atom is -0.494 e. The molecule has 7 heteroatoms. The lowest BCUT2D eigenvalue weighted by atomic mass is 9.94. The molecule has 0 saturated carbocycles. The Bertz CT molecular complexity index is 664. The molecule has 22 heavy (non-hydrogen) atoms. The Balaban J connectivity index is 1.82. The largest absolute Gasteiger partial charge is 0.494 e. The predicted molar refractivity (Wildman–Crippen MR) is 78.8 cm³/mol. The number of halogens is 1. The van der Waals surface area contributed by atoms with Crippen molar-refractivity contribution in [1.82, 2.24) is 4.31 Å². The van der Waals surface area contributed by atoms with E-state index >= 15 is 0 Å². The lowest BCUT2D eigenvalue weighted by molar-refractivity contribution is 0.0206. The Kier molecular flexibility index (Phi) is 4.13. The van der Waals surface area contributed by atoms with E-state index in [4.69, 9.17) is 9.47 Å². The van der Waals surface area contributed by atoms with Gasteiger partial charge < -0.3 is 9.47 Å². The number of rotatable bonds is 3. The fraction of sp³-hybridized carbons (Fsp3) is 0.600. The Morgan fingerprint density at radius 2 is 2.18 bits per heavy atom. The molecule has 0 radical (unpaired) electrons. The summed E-state index contributed by atoms with van der Waals surface area (Å²) in [4.78, 5) is -0.0313. The van der Waals surface area contributed by atoms with Crippen LogP contribution in [0.2, 0.25) is 0 Å². The van der Waals surface area contributed by atoms with Crippen LogP contribution in [0.1, 0.15) is 19.8 Å². The molecule has 5 nitrogen and oxygen atoms in total. The van der Waals surface area contributed by atoms with E-state index in [1.807, 2.05) is 6.92 Å². The number of hydrogen-bond donors (Lipinski definition) is 0. The highest BCUT2D eigenvalue weighted by Gasteiger charge is 2.41. The van der Waals surface area contributed by atoms with Gasteiger partial charge in [-0.2, -0.15) is 4.31 Å². The van der Waals surface area contributed by atoms with Crippen LogP contribution >= 0.6 is 0 Å². The molecule has 0 spiro atoms. The van der Waals surface area contributed by atoms with Gasteiger partial charge in [0.15, 0.2) is 11.6 Å². The standard InChI is InChI=1S/C15H20FNO4S/c1-10-7-11-9-17(6-5-14(11)21-10)22(18,19)12-3-4-15(20-2)13(16)8-12/h3-4,8,10-11,14H,5-7,9H2,1-2H3/t10-,11-,14+/m0/s1. The van der Waals surface area contributed by atoms with Gasteiger partial charge in [-0.05, 0) is 38.0 Å². The minimum atomic E-state index is -3.68. The molecule has 0 aliphatic carbocycles. The summed E-state index contributed by atoms with van der Waals surface area (Å²) in [5.74, 6) is -0.409. The zero-order valence-corrected chi connectivity index (χ0v) is 13.5. The maximum Gasteiger partial charge on any atom is 0.243 e. The van der Waals surface area contributed by atoms with Gasteiger partial charge in [0, 0.05) is 19.0 Å². The maximum atomic E-state index is 13.8. The molecule has 0 N–H and O–H groups in total. The Morgan fingerprint density at radius 1 is 1.41 bits per heavy atom. The molecule has 0 bridgehead atoms. The average Bonchev–Trinajstić information content (AvgIpc) is 2.86. The highest BCUT2D eigenvalue weighted by atomic mass is 32.2. The molecular formula is C15H20FNO4S. The first-order valence-electron chi connectivity index (χ1n) is 7.41. The van der Waals surface area contributed by atoms with Crippen molar-refractivity contribution in [1.29, 1.82) is 0 Å². The number of nitrogens with zero attached hydrogens (tertiary/aromatic N) is 1. The van der Waals surface area contributed by atoms with Gasteiger partial charge in [0.1, 0.15) is 0 Å². The number of benzene rings is 1. The van der Waals surface area contributed by atoms with Crippen LogP contribution < -0.4 is 4.74 Å². The highest BCUT2D eigenvalue weighted by molar-refractivity contribution is 7.89. The molecule has 2 saturated heterocycles. The van der Waals surface area contributed by atoms with E-state index in [1.165, 1.54) is 23.5 Å². The Morgan fingerprint density at radius 3 is 2.86 bits per heavy atom. The molecule has 2 fully saturated rings. The third-order valence-electron chi connectivity index (χ3n) is 4.43. The van der Waals surface area contributed by atoms with Crippen LogP contribution in [0.3, 0.4) is 0 Å². The lowest BCUT2D eigenvalue weighted by Crippen LogP contribution is -2.44. The van der Waals surface area contributed by atoms with Crippen molar-refractivity contribution in [3.05, 3.63) is 24.0 Å². The SMILES string of the molecule is COc1ccc(S(=O)(=O)N2CC[C@H]3O[C@@H](C)C[C@H]3C2)cc1F. The zero-order valence-electron chi connectivity index (χ0n) is 12.7. The van der Waals surface area contributed by atoms with Gasteiger partial charge in [0.05, 0.1) is 24.2 Å². The molecule has 0 unspecified atom stereocenters. The van der Waals surface area contributed by atoms with E-state index in [2.05, 4.69) is 0 Å². The molecule has 0 amide bonds. The van der Waals surface area contributed by atoms with Crippen LogP contribution in [0.4, 0.5) is 4.39 Å². The van der Waals surface area contributed by atoms with Gasteiger partial charge in [-0.25, -0.2) is 12.8 Å². The number of methoxy groups -OCH3 is 1. The van der Waals surface area contributed by atoms with E-state index < -0.39 is 15.8 Å². The fourth-order valence-corrected chi connectivity index (χ4v) is 4.86. The Labute approximate surface area is 130 Å². The van der Waals surface area contributed by atoms with Crippen LogP contribution in [0.25, 0.3) is 0 Å². The fourth-order valence-electron chi connectivity index (χ4n) is 3.34. The van der Waals surface area contributed by atoms with E-state index in [0.717, 1.165) is 12.5 Å². The smallest absolute Gasteiger partial charge is 0.243 e. The third-order valence-corrected chi connectivity index (χ3v) is 6.29. The predicted octanol–water partition coefficient (Wildman–Crippen LogP) is 2.02. The van der Waals surface area contributed by atoms with Gasteiger partial charge in [-0.3, -0.25) is 0 Å². The number of ether oxygens (including phenoxy) is 2. The molecule has 122 valence electrons. The van der Waals surface area contributed by atoms with Crippen LogP contribution in [-0.2, 0) is 14.8 Å². The van der Waals surface area contributed by atoms with Crippen molar-refractivity contribution in [2.24, 2.45) is 5.92 Å². The Hall–Kier alpha value is -1.18. The normalized spacial score (nSPS) is 29.3. The van der Waals surface area contributed by atoms with Gasteiger partial charge in [-0.1, -0.05) is 0 Å². The number of fused-ring (bicyclic) bond motifs is 1. The highest BCUT2D eigenvalue weighted by Crippen LogP contribution is 2.35. The van der Waals surface area contributed by atoms with Gasteiger partial charge >= 0.3 is 0 Å². The molecule has 2 aliphatic rings. The second-order valence-corrected chi connectivity index (χ2v) is 7.87. The average molecular weight is 329 g/mol. The quantitative estimate of drug-likeness (QED) is 0.851. The summed E-state index contributed by atoms with van der Waals surface area (Å²) in [6.45, 7) is 2.85. The summed E-state index contributed by atoms with van der Waals surface area (Å²) < 4.78 is 51.2. The second-order valence-electron chi connectivity index (χ2n) is 5.93. The van der Waals surface area contributed by atoms with Gasteiger partial charge in [0.2, 0.25) is 10.0 Å². The van der Waals surface area contributed by atoms with Crippen molar-refractivity contribution >= 4 is 10.0 Å². The molecule has 1 aromatic carbocycles. The zero-order chi connectivity index (χ0) is 15.9. The number of sulfonamides is 1. The van der Waals surface area contributed by atoms with Crippen LogP contribution in [-0.4, -0.2) is 45.1 Å². The van der Waals surface area contributed by atoms with E-state index in [1.54, 1.807) is 0 Å². The first-order chi connectivity index (χ1) is 10.4. The van der Waals surface area contributed by atoms with Gasteiger partial charge in [0.25, 0.3) is 0 Å². The van der Waals surface area contributed by atoms with E-state index in [0.29, 0.717) is 19.5 Å². The van der Waals surface area contributed by atoms with Crippen LogP contribution in [0, 0.1) is 11.7 Å². The molecule has 2 aliphatic heterocycles. The first kappa shape index (κ1) is 15.7. The van der Waals surface area contributed by atoms with Crippen molar-refractivity contribution in [2.45, 2.75) is 36.9 Å². The van der Waals surface area contributed by atoms with Crippen molar-refractivity contribution < 1.29 is 22.3 Å². The monoisotopic (exact) mass is 329 g/mol. The maximum absolute atomic E-state index is 13.8. The summed E-state index contributed by atoms with van der Waals surface area (Å²) in [5.41, 5.74) is 0. The van der Waals surface area contributed by atoms with E-state index in [-0.39, 0.29) is 28.8 Å². The summed E-state index contributed by atoms with van der Waals surface area (Å²) in [6.07, 6.45) is 1.88. The van der Waals surface area contributed by atoms with Crippen molar-refractivity contribution in [2.75, 3.05) is 20.2 Å². The van der Waals surface area contributed by atoms with Gasteiger partial charge in [-0.15, -0.1) is 0 Å². The molecule has 0 aromatic heterocycles. The lowest BCUT2D eigenvalue weighted by Gasteiger charge is -2.33. The van der Waals surface area contributed by atoms with Crippen LogP contribution in [0.5, 0.6) is 5.75 Å². The second kappa shape index (κ2) is 5.79. The topological polar surface area (TPSA) is 55.8 Å². The number of hydrogen-bond acceptors (Lipinski definition) is 4. The van der Waals surface area contributed by atoms with E-state index in [9.17, 15) is 12.8 Å². The third kappa shape index (κ3) is 2.73. The molecular weight excluding hydrogens is 309 g/mol. The summed E-state index contributed by atoms with van der Waals surface area (Å²) >= 11 is 0. The number of piperidine rings is 1.